The summed E-state index contributed by atoms with van der Waals surface area (Å²) >= 11 is 0. The van der Waals surface area contributed by atoms with E-state index in [-0.39, 0.29) is 24.8 Å². The molecular weight excluding hydrogens is 198 g/mol. The summed E-state index contributed by atoms with van der Waals surface area (Å²) in [6.45, 7) is 3.95. The smallest absolute Gasteiger partial charge is 0.326 e. The van der Waals surface area contributed by atoms with Crippen LogP contribution in [0.15, 0.2) is 0 Å². The van der Waals surface area contributed by atoms with Gasteiger partial charge in [-0.2, -0.15) is 0 Å². The predicted molar refractivity (Wildman–Crippen MR) is 53.2 cm³/mol. The number of hydrogen-bond donors (Lipinski definition) is 2. The fourth-order valence-corrected chi connectivity index (χ4v) is 1.79. The molecule has 1 heterocycles. The molecule has 0 aromatic carbocycles. The first-order valence-corrected chi connectivity index (χ1v) is 5.12. The molecule has 1 saturated heterocycles. The van der Waals surface area contributed by atoms with Crippen LogP contribution in [0.4, 0.5) is 0 Å². The van der Waals surface area contributed by atoms with Gasteiger partial charge in [-0.25, -0.2) is 4.79 Å². The normalized spacial score (nSPS) is 26.0. The number of β-amino-alcohol motifs (C(OH)–C–C–N with tert-alkyl or cyclic N) is 1. The number of nitrogens with zero attached hydrogens (tertiary/aromatic N) is 1. The van der Waals surface area contributed by atoms with Crippen LogP contribution >= 0.6 is 0 Å². The second kappa shape index (κ2) is 4.61. The van der Waals surface area contributed by atoms with Crippen LogP contribution in [0.3, 0.4) is 0 Å². The highest BCUT2D eigenvalue weighted by Gasteiger charge is 2.38. The zero-order chi connectivity index (χ0) is 11.6. The number of aliphatic hydroxyl groups is 1. The van der Waals surface area contributed by atoms with Gasteiger partial charge in [0, 0.05) is 19.4 Å². The SMILES string of the molecule is CC(C)CC(=O)N1CC(O)C[C@H]1C(=O)O. The van der Waals surface area contributed by atoms with Crippen LogP contribution in [0, 0.1) is 5.92 Å². The molecule has 0 aromatic rings. The Labute approximate surface area is 88.7 Å². The van der Waals surface area contributed by atoms with E-state index in [1.165, 1.54) is 4.90 Å². The highest BCUT2D eigenvalue weighted by atomic mass is 16.4. The number of rotatable bonds is 3. The van der Waals surface area contributed by atoms with Crippen LogP contribution in [-0.4, -0.2) is 45.7 Å². The summed E-state index contributed by atoms with van der Waals surface area (Å²) in [6, 6.07) is -0.855. The molecule has 1 amide bonds. The van der Waals surface area contributed by atoms with E-state index >= 15 is 0 Å². The third-order valence-corrected chi connectivity index (χ3v) is 2.47. The summed E-state index contributed by atoms with van der Waals surface area (Å²) in [6.07, 6.45) is -0.238. The summed E-state index contributed by atoms with van der Waals surface area (Å²) in [5.41, 5.74) is 0. The van der Waals surface area contributed by atoms with Crippen LogP contribution in [0.5, 0.6) is 0 Å². The Hall–Kier alpha value is -1.10. The second-order valence-corrected chi connectivity index (χ2v) is 4.39. The minimum absolute atomic E-state index is 0.138. The maximum absolute atomic E-state index is 11.7. The Morgan fingerprint density at radius 2 is 2.07 bits per heavy atom. The van der Waals surface area contributed by atoms with Crippen molar-refractivity contribution in [3.8, 4) is 0 Å². The molecule has 1 aliphatic rings. The first-order valence-electron chi connectivity index (χ1n) is 5.12. The number of aliphatic carboxylic acids is 1. The van der Waals surface area contributed by atoms with Gasteiger partial charge in [0.25, 0.3) is 0 Å². The maximum Gasteiger partial charge on any atom is 0.326 e. The van der Waals surface area contributed by atoms with E-state index in [4.69, 9.17) is 5.11 Å². The quantitative estimate of drug-likeness (QED) is 0.698. The number of carboxylic acids is 1. The van der Waals surface area contributed by atoms with Crippen molar-refractivity contribution in [1.82, 2.24) is 4.90 Å². The third-order valence-electron chi connectivity index (χ3n) is 2.47. The van der Waals surface area contributed by atoms with Crippen molar-refractivity contribution in [2.75, 3.05) is 6.54 Å². The van der Waals surface area contributed by atoms with E-state index in [0.29, 0.717) is 6.42 Å². The first kappa shape index (κ1) is 12.0. The Balaban J connectivity index is 2.66. The predicted octanol–water partition coefficient (Wildman–Crippen LogP) is 0.0789. The highest BCUT2D eigenvalue weighted by Crippen LogP contribution is 2.20. The molecule has 0 aliphatic carbocycles. The maximum atomic E-state index is 11.7. The van der Waals surface area contributed by atoms with Crippen LogP contribution in [0.25, 0.3) is 0 Å². The lowest BCUT2D eigenvalue weighted by Gasteiger charge is -2.21. The lowest BCUT2D eigenvalue weighted by atomic mass is 10.1. The standard InChI is InChI=1S/C10H17NO4/c1-6(2)3-9(13)11-5-7(12)4-8(11)10(14)15/h6-8,12H,3-5H2,1-2H3,(H,14,15)/t7?,8-/m0/s1. The Morgan fingerprint density at radius 1 is 1.47 bits per heavy atom. The molecule has 0 spiro atoms. The highest BCUT2D eigenvalue weighted by molar-refractivity contribution is 5.84. The number of aliphatic hydroxyl groups excluding tert-OH is 1. The van der Waals surface area contributed by atoms with Gasteiger partial charge in [-0.1, -0.05) is 13.8 Å². The van der Waals surface area contributed by atoms with Gasteiger partial charge in [-0.15, -0.1) is 0 Å². The summed E-state index contributed by atoms with van der Waals surface area (Å²) in [7, 11) is 0. The number of amides is 1. The Morgan fingerprint density at radius 3 is 2.53 bits per heavy atom. The number of likely N-dealkylation sites (tertiary alicyclic amines) is 1. The molecule has 5 heteroatoms. The van der Waals surface area contributed by atoms with Gasteiger partial charge in [0.05, 0.1) is 6.10 Å². The molecule has 2 N–H and O–H groups in total. The lowest BCUT2D eigenvalue weighted by molar-refractivity contribution is -0.148. The number of carbonyl (C=O) groups is 2. The molecule has 1 aliphatic heterocycles. The molecule has 1 unspecified atom stereocenters. The van der Waals surface area contributed by atoms with Gasteiger partial charge >= 0.3 is 5.97 Å². The summed E-state index contributed by atoms with van der Waals surface area (Å²) in [5, 5.41) is 18.2. The summed E-state index contributed by atoms with van der Waals surface area (Å²) in [4.78, 5) is 23.8. The van der Waals surface area contributed by atoms with Crippen molar-refractivity contribution in [1.29, 1.82) is 0 Å². The van der Waals surface area contributed by atoms with E-state index in [1.54, 1.807) is 0 Å². The Bertz CT molecular complexity index is 264. The monoisotopic (exact) mass is 215 g/mol. The van der Waals surface area contributed by atoms with Crippen LogP contribution in [0.1, 0.15) is 26.7 Å². The zero-order valence-electron chi connectivity index (χ0n) is 9.01. The third kappa shape index (κ3) is 2.92. The van der Waals surface area contributed by atoms with E-state index in [9.17, 15) is 14.7 Å². The fraction of sp³-hybridized carbons (Fsp3) is 0.800. The summed E-state index contributed by atoms with van der Waals surface area (Å²) < 4.78 is 0. The van der Waals surface area contributed by atoms with Gasteiger partial charge in [-0.3, -0.25) is 4.79 Å². The van der Waals surface area contributed by atoms with Crippen molar-refractivity contribution in [2.24, 2.45) is 5.92 Å². The Kier molecular flexibility index (Phi) is 3.68. The van der Waals surface area contributed by atoms with Gasteiger partial charge in [0.2, 0.25) is 5.91 Å². The molecule has 5 nitrogen and oxygen atoms in total. The van der Waals surface area contributed by atoms with E-state index < -0.39 is 18.1 Å². The van der Waals surface area contributed by atoms with Gasteiger partial charge in [0.1, 0.15) is 6.04 Å². The van der Waals surface area contributed by atoms with Crippen molar-refractivity contribution in [3.63, 3.8) is 0 Å². The molecule has 0 aromatic heterocycles. The van der Waals surface area contributed by atoms with Crippen LogP contribution < -0.4 is 0 Å². The summed E-state index contributed by atoms with van der Waals surface area (Å²) in [5.74, 6) is -1.03. The van der Waals surface area contributed by atoms with Crippen molar-refractivity contribution < 1.29 is 19.8 Å². The minimum Gasteiger partial charge on any atom is -0.480 e. The first-order chi connectivity index (χ1) is 6.91. The van der Waals surface area contributed by atoms with Gasteiger partial charge in [0.15, 0.2) is 0 Å². The van der Waals surface area contributed by atoms with Crippen molar-refractivity contribution >= 4 is 11.9 Å². The average Bonchev–Trinajstić information content (AvgIpc) is 2.46. The van der Waals surface area contributed by atoms with Crippen LogP contribution in [-0.2, 0) is 9.59 Å². The lowest BCUT2D eigenvalue weighted by Crippen LogP contribution is -2.40. The molecule has 2 atom stereocenters. The number of carboxylic acid groups (broad SMARTS) is 1. The molecule has 1 rings (SSSR count). The molecule has 1 fully saturated rings. The van der Waals surface area contributed by atoms with E-state index in [0.717, 1.165) is 0 Å². The molecule has 86 valence electrons. The second-order valence-electron chi connectivity index (χ2n) is 4.39. The minimum atomic E-state index is -1.04. The number of hydrogen-bond acceptors (Lipinski definition) is 3. The molecule has 0 bridgehead atoms. The van der Waals surface area contributed by atoms with E-state index in [1.807, 2.05) is 13.8 Å². The van der Waals surface area contributed by atoms with Crippen molar-refractivity contribution in [3.05, 3.63) is 0 Å². The average molecular weight is 215 g/mol. The number of carbonyl (C=O) groups excluding carboxylic acids is 1. The molecular formula is C10H17NO4. The van der Waals surface area contributed by atoms with E-state index in [2.05, 4.69) is 0 Å². The molecule has 0 saturated carbocycles. The largest absolute Gasteiger partial charge is 0.480 e. The van der Waals surface area contributed by atoms with Crippen LogP contribution in [0.2, 0.25) is 0 Å². The molecule has 15 heavy (non-hydrogen) atoms. The topological polar surface area (TPSA) is 77.8 Å². The van der Waals surface area contributed by atoms with Crippen molar-refractivity contribution in [2.45, 2.75) is 38.8 Å². The fourth-order valence-electron chi connectivity index (χ4n) is 1.79. The molecule has 0 radical (unpaired) electrons. The zero-order valence-corrected chi connectivity index (χ0v) is 9.01. The van der Waals surface area contributed by atoms with Gasteiger partial charge < -0.3 is 15.1 Å². The van der Waals surface area contributed by atoms with Gasteiger partial charge in [-0.05, 0) is 5.92 Å².